The fourth-order valence-electron chi connectivity index (χ4n) is 1.87. The monoisotopic (exact) mass is 341 g/mol. The van der Waals surface area contributed by atoms with E-state index >= 15 is 0 Å². The third kappa shape index (κ3) is 2.32. The summed E-state index contributed by atoms with van der Waals surface area (Å²) in [5.41, 5.74) is 0. The van der Waals surface area contributed by atoms with E-state index in [-0.39, 0.29) is 16.4 Å². The summed E-state index contributed by atoms with van der Waals surface area (Å²) in [7, 11) is 0. The molecule has 1 saturated heterocycles. The van der Waals surface area contributed by atoms with E-state index in [0.717, 1.165) is 21.1 Å². The molecule has 0 saturated carbocycles. The van der Waals surface area contributed by atoms with Crippen LogP contribution in [0.2, 0.25) is 0 Å². The van der Waals surface area contributed by atoms with E-state index in [4.69, 9.17) is 0 Å². The molecule has 2 heterocycles. The van der Waals surface area contributed by atoms with E-state index in [0.29, 0.717) is 6.42 Å². The van der Waals surface area contributed by atoms with E-state index in [2.05, 4.69) is 33.4 Å². The van der Waals surface area contributed by atoms with Crippen molar-refractivity contribution in [2.75, 3.05) is 0 Å². The van der Waals surface area contributed by atoms with Crippen LogP contribution in [0.15, 0.2) is 28.7 Å². The molecule has 18 heavy (non-hydrogen) atoms. The van der Waals surface area contributed by atoms with Gasteiger partial charge in [0.05, 0.1) is 5.25 Å². The Morgan fingerprint density at radius 3 is 2.83 bits per heavy atom. The van der Waals surface area contributed by atoms with Gasteiger partial charge in [-0.25, -0.2) is 0 Å². The molecule has 6 heteroatoms. The van der Waals surface area contributed by atoms with E-state index in [9.17, 15) is 9.59 Å². The van der Waals surface area contributed by atoms with Crippen molar-refractivity contribution in [1.82, 2.24) is 5.32 Å². The summed E-state index contributed by atoms with van der Waals surface area (Å²) in [6.07, 6.45) is 0.610. The van der Waals surface area contributed by atoms with Crippen molar-refractivity contribution in [2.24, 2.45) is 0 Å². The fourth-order valence-corrected chi connectivity index (χ4v) is 4.48. The van der Waals surface area contributed by atoms with Crippen LogP contribution < -0.4 is 5.32 Å². The molecule has 1 N–H and O–H groups in total. The molecule has 0 spiro atoms. The standard InChI is InChI=1S/C12H8BrNO2S2/c13-7-2-1-6-3-8(17-9(6)4-7)5-10-11(15)14-12(16)18-10/h1-4,10H,5H2,(H,14,15,16). The van der Waals surface area contributed by atoms with Gasteiger partial charge in [-0.1, -0.05) is 33.8 Å². The highest BCUT2D eigenvalue weighted by Gasteiger charge is 2.31. The molecule has 3 rings (SSSR count). The van der Waals surface area contributed by atoms with Crippen molar-refractivity contribution in [2.45, 2.75) is 11.7 Å². The molecule has 3 nitrogen and oxygen atoms in total. The van der Waals surface area contributed by atoms with Crippen molar-refractivity contribution in [3.8, 4) is 0 Å². The highest BCUT2D eigenvalue weighted by molar-refractivity contribution is 9.10. The number of nitrogens with one attached hydrogen (secondary N) is 1. The topological polar surface area (TPSA) is 46.2 Å². The van der Waals surface area contributed by atoms with E-state index in [1.54, 1.807) is 11.3 Å². The van der Waals surface area contributed by atoms with Gasteiger partial charge in [-0.05, 0) is 23.6 Å². The Kier molecular flexibility index (Phi) is 3.17. The van der Waals surface area contributed by atoms with Crippen LogP contribution in [-0.4, -0.2) is 16.4 Å². The molecule has 92 valence electrons. The zero-order valence-electron chi connectivity index (χ0n) is 9.10. The predicted molar refractivity (Wildman–Crippen MR) is 78.1 cm³/mol. The number of thioether (sulfide) groups is 1. The molecule has 1 atom stereocenters. The molecule has 1 aromatic carbocycles. The molecule has 0 bridgehead atoms. The molecular formula is C12H8BrNO2S2. The maximum Gasteiger partial charge on any atom is 0.286 e. The van der Waals surface area contributed by atoms with Crippen molar-refractivity contribution in [3.05, 3.63) is 33.6 Å². The predicted octanol–water partition coefficient (Wildman–Crippen LogP) is 3.56. The Balaban J connectivity index is 1.87. The Bertz CT molecular complexity index is 653. The number of carbonyl (C=O) groups is 2. The second kappa shape index (κ2) is 4.68. The van der Waals surface area contributed by atoms with Crippen LogP contribution in [0.3, 0.4) is 0 Å². The number of halogens is 1. The van der Waals surface area contributed by atoms with Crippen molar-refractivity contribution >= 4 is 60.3 Å². The average Bonchev–Trinajstić information content (AvgIpc) is 2.82. The summed E-state index contributed by atoms with van der Waals surface area (Å²) in [6.45, 7) is 0. The summed E-state index contributed by atoms with van der Waals surface area (Å²) in [6, 6.07) is 8.20. The van der Waals surface area contributed by atoms with Gasteiger partial charge in [0.15, 0.2) is 0 Å². The van der Waals surface area contributed by atoms with Gasteiger partial charge in [0.1, 0.15) is 0 Å². The number of imide groups is 1. The number of thiophene rings is 1. The largest absolute Gasteiger partial charge is 0.286 e. The number of amides is 2. The Labute approximate surface area is 120 Å². The second-order valence-corrected chi connectivity index (χ2v) is 7.24. The van der Waals surface area contributed by atoms with Crippen LogP contribution in [0, 0.1) is 0 Å². The van der Waals surface area contributed by atoms with Crippen molar-refractivity contribution in [1.29, 1.82) is 0 Å². The number of carbonyl (C=O) groups excluding carboxylic acids is 2. The van der Waals surface area contributed by atoms with Gasteiger partial charge in [0, 0.05) is 20.5 Å². The van der Waals surface area contributed by atoms with Gasteiger partial charge >= 0.3 is 0 Å². The SMILES string of the molecule is O=C1NC(=O)C(Cc2cc3ccc(Br)cc3s2)S1. The first-order valence-electron chi connectivity index (χ1n) is 5.31. The van der Waals surface area contributed by atoms with E-state index < -0.39 is 0 Å². The first-order chi connectivity index (χ1) is 8.61. The fraction of sp³-hybridized carbons (Fsp3) is 0.167. The van der Waals surface area contributed by atoms with E-state index in [1.807, 2.05) is 12.1 Å². The zero-order chi connectivity index (χ0) is 12.7. The number of rotatable bonds is 2. The first-order valence-corrected chi connectivity index (χ1v) is 7.80. The van der Waals surface area contributed by atoms with Crippen LogP contribution in [0.25, 0.3) is 10.1 Å². The molecule has 1 unspecified atom stereocenters. The van der Waals surface area contributed by atoms with Crippen LogP contribution in [-0.2, 0) is 11.2 Å². The van der Waals surface area contributed by atoms with Crippen LogP contribution in [0.5, 0.6) is 0 Å². The number of hydrogen-bond acceptors (Lipinski definition) is 4. The third-order valence-electron chi connectivity index (χ3n) is 2.69. The number of hydrogen-bond donors (Lipinski definition) is 1. The minimum atomic E-state index is -0.283. The maximum absolute atomic E-state index is 11.5. The first kappa shape index (κ1) is 12.2. The van der Waals surface area contributed by atoms with Gasteiger partial charge in [0.25, 0.3) is 5.24 Å². The molecule has 0 aliphatic carbocycles. The number of benzene rings is 1. The quantitative estimate of drug-likeness (QED) is 0.908. The van der Waals surface area contributed by atoms with Gasteiger partial charge < -0.3 is 0 Å². The van der Waals surface area contributed by atoms with Gasteiger partial charge in [-0.2, -0.15) is 0 Å². The van der Waals surface area contributed by atoms with Gasteiger partial charge in [-0.15, -0.1) is 11.3 Å². The summed E-state index contributed by atoms with van der Waals surface area (Å²) in [4.78, 5) is 23.7. The maximum atomic E-state index is 11.5. The van der Waals surface area contributed by atoms with Crippen molar-refractivity contribution < 1.29 is 9.59 Å². The average molecular weight is 342 g/mol. The van der Waals surface area contributed by atoms with E-state index in [1.165, 1.54) is 10.1 Å². The third-order valence-corrected chi connectivity index (χ3v) is 5.28. The Hall–Kier alpha value is -0.850. The lowest BCUT2D eigenvalue weighted by Gasteiger charge is -2.00. The molecule has 1 aliphatic rings. The summed E-state index contributed by atoms with van der Waals surface area (Å²) in [5, 5.41) is 2.96. The molecule has 2 amide bonds. The van der Waals surface area contributed by atoms with Crippen molar-refractivity contribution in [3.63, 3.8) is 0 Å². The van der Waals surface area contributed by atoms with Crippen LogP contribution in [0.1, 0.15) is 4.88 Å². The zero-order valence-corrected chi connectivity index (χ0v) is 12.3. The molecule has 0 radical (unpaired) electrons. The minimum Gasteiger partial charge on any atom is -0.286 e. The molecule has 1 aliphatic heterocycles. The highest BCUT2D eigenvalue weighted by Crippen LogP contribution is 2.31. The molecule has 2 aromatic rings. The van der Waals surface area contributed by atoms with Crippen LogP contribution in [0.4, 0.5) is 4.79 Å². The summed E-state index contributed by atoms with van der Waals surface area (Å²) < 4.78 is 2.24. The molecule has 1 fully saturated rings. The Morgan fingerprint density at radius 1 is 1.28 bits per heavy atom. The van der Waals surface area contributed by atoms with Gasteiger partial charge in [0.2, 0.25) is 5.91 Å². The smallest absolute Gasteiger partial charge is 0.286 e. The molecule has 1 aromatic heterocycles. The second-order valence-electron chi connectivity index (χ2n) is 3.98. The lowest BCUT2D eigenvalue weighted by molar-refractivity contribution is -0.118. The minimum absolute atomic E-state index is 0.177. The highest BCUT2D eigenvalue weighted by atomic mass is 79.9. The lowest BCUT2D eigenvalue weighted by Crippen LogP contribution is -2.25. The summed E-state index contributed by atoms with van der Waals surface area (Å²) >= 11 is 6.19. The molecular weight excluding hydrogens is 334 g/mol. The van der Waals surface area contributed by atoms with Gasteiger partial charge in [-0.3, -0.25) is 14.9 Å². The summed E-state index contributed by atoms with van der Waals surface area (Å²) in [5.74, 6) is -0.177. The lowest BCUT2D eigenvalue weighted by atomic mass is 10.2. The number of fused-ring (bicyclic) bond motifs is 1. The normalized spacial score (nSPS) is 19.5. The van der Waals surface area contributed by atoms with Crippen LogP contribution >= 0.6 is 39.0 Å². The Morgan fingerprint density at radius 2 is 2.11 bits per heavy atom.